The Hall–Kier alpha value is -2.13. The second-order valence-corrected chi connectivity index (χ2v) is 4.47. The zero-order valence-corrected chi connectivity index (χ0v) is 11.2. The molecule has 1 heterocycles. The van der Waals surface area contributed by atoms with Crippen molar-refractivity contribution in [1.29, 1.82) is 5.26 Å². The third-order valence-electron chi connectivity index (χ3n) is 2.12. The van der Waals surface area contributed by atoms with Crippen LogP contribution in [0.5, 0.6) is 0 Å². The quantitative estimate of drug-likeness (QED) is 0.673. The van der Waals surface area contributed by atoms with Gasteiger partial charge in [0.05, 0.1) is 0 Å². The van der Waals surface area contributed by atoms with Crippen LogP contribution in [0.3, 0.4) is 0 Å². The highest BCUT2D eigenvalue weighted by atomic mass is 79.9. The second kappa shape index (κ2) is 5.47. The number of rotatable bonds is 3. The van der Waals surface area contributed by atoms with E-state index in [1.807, 2.05) is 30.5 Å². The summed E-state index contributed by atoms with van der Waals surface area (Å²) in [4.78, 5) is 8.34. The monoisotopic (exact) mass is 303 g/mol. The Morgan fingerprint density at radius 1 is 1.22 bits per heavy atom. The first-order chi connectivity index (χ1) is 8.67. The molecule has 0 aliphatic heterocycles. The van der Waals surface area contributed by atoms with Gasteiger partial charge in [-0.1, -0.05) is 22.0 Å². The molecule has 90 valence electrons. The molecule has 0 spiro atoms. The predicted molar refractivity (Wildman–Crippen MR) is 73.4 cm³/mol. The first-order valence-corrected chi connectivity index (χ1v) is 6.00. The van der Waals surface area contributed by atoms with Crippen molar-refractivity contribution in [3.63, 3.8) is 0 Å². The van der Waals surface area contributed by atoms with E-state index in [4.69, 9.17) is 5.26 Å². The van der Waals surface area contributed by atoms with Gasteiger partial charge in [0.15, 0.2) is 6.19 Å². The Kier molecular flexibility index (Phi) is 3.75. The molecule has 2 aromatic rings. The summed E-state index contributed by atoms with van der Waals surface area (Å²) in [5, 5.41) is 14.2. The average Bonchev–Trinajstić information content (AvgIpc) is 2.28. The maximum absolute atomic E-state index is 8.58. The summed E-state index contributed by atoms with van der Waals surface area (Å²) in [6.07, 6.45) is 1.84. The van der Waals surface area contributed by atoms with Gasteiger partial charge in [0.2, 0.25) is 0 Å². The molecule has 0 fully saturated rings. The lowest BCUT2D eigenvalue weighted by molar-refractivity contribution is 1.06. The molecule has 1 aromatic heterocycles. The Balaban J connectivity index is 2.26. The highest BCUT2D eigenvalue weighted by Gasteiger charge is 2.02. The fraction of sp³-hybridized carbons (Fsp3) is 0.0833. The van der Waals surface area contributed by atoms with Gasteiger partial charge in [0.25, 0.3) is 0 Å². The van der Waals surface area contributed by atoms with Gasteiger partial charge in [0.1, 0.15) is 17.5 Å². The summed E-state index contributed by atoms with van der Waals surface area (Å²) >= 11 is 3.40. The number of nitrogens with one attached hydrogen (secondary N) is 2. The summed E-state index contributed by atoms with van der Waals surface area (Å²) in [7, 11) is 0. The number of anilines is 3. The molecule has 0 atom stereocenters. The molecular weight excluding hydrogens is 294 g/mol. The van der Waals surface area contributed by atoms with Crippen LogP contribution in [0.2, 0.25) is 0 Å². The molecular formula is C12H10BrN5. The predicted octanol–water partition coefficient (Wildman–Crippen LogP) is 3.18. The first-order valence-electron chi connectivity index (χ1n) is 5.21. The van der Waals surface area contributed by atoms with E-state index in [1.165, 1.54) is 0 Å². The van der Waals surface area contributed by atoms with Crippen molar-refractivity contribution in [2.24, 2.45) is 0 Å². The zero-order chi connectivity index (χ0) is 13.0. The minimum Gasteiger partial charge on any atom is -0.340 e. The van der Waals surface area contributed by atoms with Crippen molar-refractivity contribution in [3.8, 4) is 6.19 Å². The van der Waals surface area contributed by atoms with Crippen LogP contribution in [0.4, 0.5) is 17.3 Å². The van der Waals surface area contributed by atoms with Crippen molar-refractivity contribution >= 4 is 33.3 Å². The normalized spacial score (nSPS) is 9.61. The molecule has 0 unspecified atom stereocenters. The van der Waals surface area contributed by atoms with Gasteiger partial charge in [-0.2, -0.15) is 5.26 Å². The average molecular weight is 304 g/mol. The van der Waals surface area contributed by atoms with E-state index in [9.17, 15) is 0 Å². The van der Waals surface area contributed by atoms with Gasteiger partial charge < -0.3 is 5.32 Å². The van der Waals surface area contributed by atoms with Crippen molar-refractivity contribution < 1.29 is 0 Å². The summed E-state index contributed by atoms with van der Waals surface area (Å²) in [6.45, 7) is 1.77. The molecule has 6 heteroatoms. The van der Waals surface area contributed by atoms with E-state index in [0.29, 0.717) is 17.5 Å². The van der Waals surface area contributed by atoms with Crippen molar-refractivity contribution in [3.05, 3.63) is 40.6 Å². The summed E-state index contributed by atoms with van der Waals surface area (Å²) in [5.74, 6) is 1.70. The highest BCUT2D eigenvalue weighted by molar-refractivity contribution is 9.10. The van der Waals surface area contributed by atoms with Gasteiger partial charge in [0, 0.05) is 16.2 Å². The van der Waals surface area contributed by atoms with Crippen LogP contribution in [-0.2, 0) is 0 Å². The lowest BCUT2D eigenvalue weighted by atomic mass is 10.3. The van der Waals surface area contributed by atoms with E-state index in [1.54, 1.807) is 13.0 Å². The van der Waals surface area contributed by atoms with E-state index >= 15 is 0 Å². The molecule has 0 bridgehead atoms. The van der Waals surface area contributed by atoms with Crippen LogP contribution in [0, 0.1) is 18.4 Å². The Morgan fingerprint density at radius 3 is 2.72 bits per heavy atom. The number of nitrogens with zero attached hydrogens (tertiary/aromatic N) is 3. The van der Waals surface area contributed by atoms with Crippen LogP contribution in [0.25, 0.3) is 0 Å². The number of aryl methyl sites for hydroxylation is 1. The Morgan fingerprint density at radius 2 is 2.00 bits per heavy atom. The van der Waals surface area contributed by atoms with Gasteiger partial charge in [-0.05, 0) is 25.1 Å². The Bertz CT molecular complexity index is 606. The van der Waals surface area contributed by atoms with Gasteiger partial charge in [-0.3, -0.25) is 5.32 Å². The minimum atomic E-state index is 0.475. The lowest BCUT2D eigenvalue weighted by Gasteiger charge is -2.07. The molecule has 18 heavy (non-hydrogen) atoms. The van der Waals surface area contributed by atoms with Crippen molar-refractivity contribution in [2.45, 2.75) is 6.92 Å². The molecule has 2 N–H and O–H groups in total. The summed E-state index contributed by atoms with van der Waals surface area (Å²) in [5.41, 5.74) is 0.908. The third kappa shape index (κ3) is 3.18. The molecule has 0 saturated heterocycles. The molecule has 0 radical (unpaired) electrons. The fourth-order valence-electron chi connectivity index (χ4n) is 1.47. The van der Waals surface area contributed by atoms with E-state index in [0.717, 1.165) is 10.2 Å². The number of aromatic nitrogens is 2. The van der Waals surface area contributed by atoms with Crippen LogP contribution < -0.4 is 10.6 Å². The smallest absolute Gasteiger partial charge is 0.182 e. The largest absolute Gasteiger partial charge is 0.340 e. The fourth-order valence-corrected chi connectivity index (χ4v) is 1.87. The molecule has 5 nitrogen and oxygen atoms in total. The minimum absolute atomic E-state index is 0.475. The second-order valence-electron chi connectivity index (χ2n) is 3.56. The summed E-state index contributed by atoms with van der Waals surface area (Å²) in [6, 6.07) is 9.42. The van der Waals surface area contributed by atoms with Crippen molar-refractivity contribution in [2.75, 3.05) is 10.6 Å². The maximum Gasteiger partial charge on any atom is 0.182 e. The molecule has 0 aliphatic carbocycles. The van der Waals surface area contributed by atoms with E-state index in [2.05, 4.69) is 36.5 Å². The van der Waals surface area contributed by atoms with Crippen LogP contribution in [0.15, 0.2) is 34.8 Å². The molecule has 2 rings (SSSR count). The van der Waals surface area contributed by atoms with Crippen molar-refractivity contribution in [1.82, 2.24) is 9.97 Å². The molecule has 0 aliphatic rings. The van der Waals surface area contributed by atoms with Gasteiger partial charge in [-0.25, -0.2) is 9.97 Å². The SMILES string of the molecule is Cc1nc(NC#N)cc(Nc2cccc(Br)c2)n1. The Labute approximate surface area is 113 Å². The number of hydrogen-bond acceptors (Lipinski definition) is 5. The number of nitriles is 1. The molecule has 0 amide bonds. The van der Waals surface area contributed by atoms with E-state index < -0.39 is 0 Å². The van der Waals surface area contributed by atoms with Crippen LogP contribution in [-0.4, -0.2) is 9.97 Å². The van der Waals surface area contributed by atoms with Crippen LogP contribution in [0.1, 0.15) is 5.82 Å². The molecule has 1 aromatic carbocycles. The number of halogens is 1. The van der Waals surface area contributed by atoms with Crippen LogP contribution >= 0.6 is 15.9 Å². The lowest BCUT2D eigenvalue weighted by Crippen LogP contribution is -2.00. The third-order valence-corrected chi connectivity index (χ3v) is 2.61. The highest BCUT2D eigenvalue weighted by Crippen LogP contribution is 2.20. The van der Waals surface area contributed by atoms with E-state index in [-0.39, 0.29) is 0 Å². The van der Waals surface area contributed by atoms with Gasteiger partial charge >= 0.3 is 0 Å². The molecule has 0 saturated carbocycles. The number of hydrogen-bond donors (Lipinski definition) is 2. The first kappa shape index (κ1) is 12.3. The summed E-state index contributed by atoms with van der Waals surface area (Å²) < 4.78 is 0.980. The topological polar surface area (TPSA) is 73.6 Å². The zero-order valence-electron chi connectivity index (χ0n) is 9.61. The maximum atomic E-state index is 8.58. The van der Waals surface area contributed by atoms with Gasteiger partial charge in [-0.15, -0.1) is 0 Å². The standard InChI is InChI=1S/C12H10BrN5/c1-8-16-11(15-7-14)6-12(17-8)18-10-4-2-3-9(13)5-10/h2-6H,1H3,(H2,15,16,17,18). The number of benzene rings is 1.